The van der Waals surface area contributed by atoms with E-state index >= 15 is 4.57 Å². The molecule has 0 unspecified atom stereocenters. The van der Waals surface area contributed by atoms with Crippen molar-refractivity contribution >= 4 is 23.1 Å². The van der Waals surface area contributed by atoms with Crippen LogP contribution in [-0.2, 0) is 4.57 Å². The number of hydrogen-bond acceptors (Lipinski definition) is 5. The standard InChI is InChI=1S/C26H31O5P/c1-16-9-22(10-17(2)25(16)30-7)32(27,23-11-18(3)26(31-8)19(4)12-23)24-14-20(28-5)13-21(15-24)29-6/h9-15H,1-8H3. The molecule has 0 aliphatic heterocycles. The minimum atomic E-state index is -3.30. The molecule has 3 aromatic carbocycles. The van der Waals surface area contributed by atoms with Gasteiger partial charge in [-0.15, -0.1) is 0 Å². The van der Waals surface area contributed by atoms with Gasteiger partial charge in [0.25, 0.3) is 0 Å². The zero-order valence-electron chi connectivity index (χ0n) is 20.0. The molecule has 0 atom stereocenters. The van der Waals surface area contributed by atoms with Gasteiger partial charge in [0.1, 0.15) is 23.0 Å². The molecule has 0 bridgehead atoms. The summed E-state index contributed by atoms with van der Waals surface area (Å²) in [6.45, 7) is 7.87. The normalized spacial score (nSPS) is 11.2. The van der Waals surface area contributed by atoms with Crippen molar-refractivity contribution in [3.63, 3.8) is 0 Å². The smallest absolute Gasteiger partial charge is 0.171 e. The minimum absolute atomic E-state index is 0.587. The first-order chi connectivity index (χ1) is 15.2. The molecular weight excluding hydrogens is 423 g/mol. The Bertz CT molecular complexity index is 1070. The van der Waals surface area contributed by atoms with E-state index in [0.29, 0.717) is 16.8 Å². The molecule has 0 saturated heterocycles. The highest BCUT2D eigenvalue weighted by molar-refractivity contribution is 7.85. The number of aryl methyl sites for hydroxylation is 4. The lowest BCUT2D eigenvalue weighted by molar-refractivity contribution is 0.395. The van der Waals surface area contributed by atoms with Gasteiger partial charge in [0.05, 0.1) is 28.4 Å². The second-order valence-electron chi connectivity index (χ2n) is 7.91. The van der Waals surface area contributed by atoms with Crippen molar-refractivity contribution in [2.45, 2.75) is 27.7 Å². The van der Waals surface area contributed by atoms with Gasteiger partial charge in [-0.3, -0.25) is 0 Å². The summed E-state index contributed by atoms with van der Waals surface area (Å²) in [6, 6.07) is 13.2. The van der Waals surface area contributed by atoms with Crippen molar-refractivity contribution in [1.82, 2.24) is 0 Å². The number of ether oxygens (including phenoxy) is 4. The van der Waals surface area contributed by atoms with Crippen molar-refractivity contribution in [3.05, 3.63) is 64.7 Å². The molecule has 0 amide bonds. The highest BCUT2D eigenvalue weighted by atomic mass is 31.2. The fraction of sp³-hybridized carbons (Fsp3) is 0.308. The van der Waals surface area contributed by atoms with Crippen molar-refractivity contribution in [2.75, 3.05) is 28.4 Å². The average Bonchev–Trinajstić information content (AvgIpc) is 2.77. The van der Waals surface area contributed by atoms with E-state index in [2.05, 4.69) is 0 Å². The maximum Gasteiger partial charge on any atom is 0.171 e. The quantitative estimate of drug-likeness (QED) is 0.489. The Morgan fingerprint density at radius 3 is 1.09 bits per heavy atom. The van der Waals surface area contributed by atoms with E-state index in [4.69, 9.17) is 18.9 Å². The van der Waals surface area contributed by atoms with Crippen molar-refractivity contribution < 1.29 is 23.5 Å². The van der Waals surface area contributed by atoms with Gasteiger partial charge in [-0.05, 0) is 86.3 Å². The highest BCUT2D eigenvalue weighted by Gasteiger charge is 2.33. The maximum absolute atomic E-state index is 15.2. The van der Waals surface area contributed by atoms with Gasteiger partial charge >= 0.3 is 0 Å². The Morgan fingerprint density at radius 1 is 0.500 bits per heavy atom. The van der Waals surface area contributed by atoms with Crippen LogP contribution in [0, 0.1) is 27.7 Å². The van der Waals surface area contributed by atoms with E-state index in [-0.39, 0.29) is 0 Å². The van der Waals surface area contributed by atoms with Crippen molar-refractivity contribution in [3.8, 4) is 23.0 Å². The summed E-state index contributed by atoms with van der Waals surface area (Å²) >= 11 is 0. The molecule has 3 rings (SSSR count). The minimum Gasteiger partial charge on any atom is -0.497 e. The Labute approximate surface area is 190 Å². The van der Waals surface area contributed by atoms with E-state index < -0.39 is 7.14 Å². The molecule has 0 aromatic heterocycles. The van der Waals surface area contributed by atoms with Crippen LogP contribution >= 0.6 is 7.14 Å². The van der Waals surface area contributed by atoms with Gasteiger partial charge in [0, 0.05) is 22.0 Å². The first-order valence-electron chi connectivity index (χ1n) is 10.3. The lowest BCUT2D eigenvalue weighted by Crippen LogP contribution is -2.26. The SMILES string of the molecule is COc1cc(OC)cc(P(=O)(c2cc(C)c(OC)c(C)c2)c2cc(C)c(OC)c(C)c2)c1. The van der Waals surface area contributed by atoms with Gasteiger partial charge in [0.2, 0.25) is 0 Å². The molecule has 0 spiro atoms. The summed E-state index contributed by atoms with van der Waals surface area (Å²) in [5.74, 6) is 2.77. The van der Waals surface area contributed by atoms with Crippen molar-refractivity contribution in [1.29, 1.82) is 0 Å². The molecule has 0 heterocycles. The van der Waals surface area contributed by atoms with E-state index in [1.165, 1.54) is 0 Å². The fourth-order valence-corrected chi connectivity index (χ4v) is 7.30. The van der Waals surface area contributed by atoms with Crippen LogP contribution in [0.1, 0.15) is 22.3 Å². The molecule has 0 fully saturated rings. The monoisotopic (exact) mass is 454 g/mol. The van der Waals surface area contributed by atoms with Crippen LogP contribution in [0.15, 0.2) is 42.5 Å². The van der Waals surface area contributed by atoms with E-state index in [1.807, 2.05) is 64.1 Å². The lowest BCUT2D eigenvalue weighted by atomic mass is 10.1. The molecule has 0 N–H and O–H groups in total. The van der Waals surface area contributed by atoms with Gasteiger partial charge in [-0.2, -0.15) is 0 Å². The predicted molar refractivity (Wildman–Crippen MR) is 131 cm³/mol. The summed E-state index contributed by atoms with van der Waals surface area (Å²) in [7, 11) is 3.19. The molecule has 6 heteroatoms. The molecule has 170 valence electrons. The molecule has 0 aliphatic carbocycles. The van der Waals surface area contributed by atoms with Crippen LogP contribution in [0.4, 0.5) is 0 Å². The molecular formula is C26H31O5P. The zero-order valence-corrected chi connectivity index (χ0v) is 20.9. The predicted octanol–water partition coefficient (Wildman–Crippen LogP) is 4.59. The van der Waals surface area contributed by atoms with Crippen LogP contribution in [0.2, 0.25) is 0 Å². The van der Waals surface area contributed by atoms with E-state index in [0.717, 1.165) is 44.4 Å². The van der Waals surface area contributed by atoms with Crippen LogP contribution in [-0.4, -0.2) is 28.4 Å². The number of benzene rings is 3. The van der Waals surface area contributed by atoms with Crippen LogP contribution < -0.4 is 34.9 Å². The number of methoxy groups -OCH3 is 4. The summed E-state index contributed by atoms with van der Waals surface area (Å²) in [5.41, 5.74) is 3.72. The molecule has 5 nitrogen and oxygen atoms in total. The average molecular weight is 455 g/mol. The first-order valence-corrected chi connectivity index (χ1v) is 12.1. The Morgan fingerprint density at radius 2 is 0.812 bits per heavy atom. The maximum atomic E-state index is 15.2. The third-order valence-electron chi connectivity index (χ3n) is 5.73. The number of rotatable bonds is 7. The van der Waals surface area contributed by atoms with Gasteiger partial charge in [-0.1, -0.05) is 0 Å². The van der Waals surface area contributed by atoms with Crippen LogP contribution in [0.5, 0.6) is 23.0 Å². The zero-order chi connectivity index (χ0) is 23.6. The van der Waals surface area contributed by atoms with Gasteiger partial charge in [-0.25, -0.2) is 0 Å². The largest absolute Gasteiger partial charge is 0.497 e. The fourth-order valence-electron chi connectivity index (χ4n) is 4.28. The first kappa shape index (κ1) is 23.7. The number of hydrogen-bond donors (Lipinski definition) is 0. The van der Waals surface area contributed by atoms with Crippen LogP contribution in [0.3, 0.4) is 0 Å². The summed E-state index contributed by atoms with van der Waals surface area (Å²) < 4.78 is 37.3. The topological polar surface area (TPSA) is 54.0 Å². The Kier molecular flexibility index (Phi) is 6.90. The third-order valence-corrected chi connectivity index (χ3v) is 8.68. The second-order valence-corrected chi connectivity index (χ2v) is 10.7. The lowest BCUT2D eigenvalue weighted by Gasteiger charge is -2.24. The molecule has 0 saturated carbocycles. The third kappa shape index (κ3) is 4.10. The Balaban J connectivity index is 2.42. The summed E-state index contributed by atoms with van der Waals surface area (Å²) in [4.78, 5) is 0. The summed E-state index contributed by atoms with van der Waals surface area (Å²) in [6.07, 6.45) is 0. The molecule has 32 heavy (non-hydrogen) atoms. The Hall–Kier alpha value is -2.91. The van der Waals surface area contributed by atoms with Gasteiger partial charge < -0.3 is 23.5 Å². The van der Waals surface area contributed by atoms with Crippen LogP contribution in [0.25, 0.3) is 0 Å². The van der Waals surface area contributed by atoms with Crippen molar-refractivity contribution in [2.24, 2.45) is 0 Å². The molecule has 3 aromatic rings. The molecule has 0 aliphatic rings. The van der Waals surface area contributed by atoms with Gasteiger partial charge in [0.15, 0.2) is 7.14 Å². The van der Waals surface area contributed by atoms with E-state index in [9.17, 15) is 0 Å². The molecule has 0 radical (unpaired) electrons. The second kappa shape index (κ2) is 9.30. The van der Waals surface area contributed by atoms with E-state index in [1.54, 1.807) is 34.5 Å². The highest BCUT2D eigenvalue weighted by Crippen LogP contribution is 2.46. The summed E-state index contributed by atoms with van der Waals surface area (Å²) in [5, 5.41) is 2.10.